The molecule has 0 bridgehead atoms. The average Bonchev–Trinajstić information content (AvgIpc) is 3.17. The second kappa shape index (κ2) is 9.39. The molecular formula is C24H30N4O2. The molecule has 2 aromatic heterocycles. The van der Waals surface area contributed by atoms with Crippen LogP contribution in [0.3, 0.4) is 0 Å². The molecule has 1 unspecified atom stereocenters. The molecule has 1 N–H and O–H groups in total. The van der Waals surface area contributed by atoms with E-state index in [1.165, 1.54) is 6.42 Å². The Kier molecular flexibility index (Phi) is 6.43. The predicted octanol–water partition coefficient (Wildman–Crippen LogP) is 4.15. The highest BCUT2D eigenvalue weighted by Gasteiger charge is 2.22. The molecule has 1 fully saturated rings. The number of nitrogens with one attached hydrogen (secondary N) is 1. The van der Waals surface area contributed by atoms with Gasteiger partial charge in [0.1, 0.15) is 11.5 Å². The van der Waals surface area contributed by atoms with Crippen molar-refractivity contribution in [2.45, 2.75) is 52.6 Å². The van der Waals surface area contributed by atoms with E-state index in [0.29, 0.717) is 18.9 Å². The maximum absolute atomic E-state index is 12.2. The Morgan fingerprint density at radius 1 is 1.17 bits per heavy atom. The lowest BCUT2D eigenvalue weighted by atomic mass is 9.93. The largest absolute Gasteiger partial charge is 0.465 e. The molecule has 6 nitrogen and oxygen atoms in total. The number of piperidine rings is 1. The molecule has 4 rings (SSSR count). The summed E-state index contributed by atoms with van der Waals surface area (Å²) in [6.45, 7) is 7.33. The zero-order valence-corrected chi connectivity index (χ0v) is 17.9. The fraction of sp³-hybridized carbons (Fsp3) is 0.458. The number of hydrogen-bond acceptors (Lipinski definition) is 5. The van der Waals surface area contributed by atoms with Gasteiger partial charge in [0.25, 0.3) is 0 Å². The number of carbonyl (C=O) groups excluding carboxylic acids is 1. The van der Waals surface area contributed by atoms with Crippen LogP contribution in [-0.4, -0.2) is 33.9 Å². The van der Waals surface area contributed by atoms with Crippen LogP contribution in [0.15, 0.2) is 40.8 Å². The number of fused-ring (bicyclic) bond motifs is 1. The number of benzene rings is 1. The summed E-state index contributed by atoms with van der Waals surface area (Å²) >= 11 is 0. The van der Waals surface area contributed by atoms with Crippen molar-refractivity contribution < 1.29 is 9.21 Å². The molecule has 1 amide bonds. The fourth-order valence-electron chi connectivity index (χ4n) is 4.21. The van der Waals surface area contributed by atoms with E-state index in [2.05, 4.69) is 10.2 Å². The molecule has 1 aliphatic rings. The monoisotopic (exact) mass is 406 g/mol. The summed E-state index contributed by atoms with van der Waals surface area (Å²) in [6.07, 6.45) is 3.83. The van der Waals surface area contributed by atoms with Gasteiger partial charge in [0, 0.05) is 19.5 Å². The summed E-state index contributed by atoms with van der Waals surface area (Å²) in [7, 11) is 0. The Morgan fingerprint density at radius 2 is 1.97 bits per heavy atom. The van der Waals surface area contributed by atoms with Gasteiger partial charge in [-0.3, -0.25) is 9.69 Å². The van der Waals surface area contributed by atoms with Gasteiger partial charge in [0.05, 0.1) is 29.0 Å². The number of carbonyl (C=O) groups is 1. The Balaban J connectivity index is 1.27. The second-order valence-electron chi connectivity index (χ2n) is 8.32. The zero-order chi connectivity index (χ0) is 20.9. The first-order valence-electron chi connectivity index (χ1n) is 10.8. The van der Waals surface area contributed by atoms with Gasteiger partial charge in [-0.05, 0) is 69.8 Å². The van der Waals surface area contributed by atoms with Crippen molar-refractivity contribution in [3.8, 4) is 0 Å². The third kappa shape index (κ3) is 5.25. The molecule has 3 heterocycles. The van der Waals surface area contributed by atoms with Crippen LogP contribution < -0.4 is 5.32 Å². The number of amides is 1. The smallest absolute Gasteiger partial charge is 0.220 e. The van der Waals surface area contributed by atoms with E-state index < -0.39 is 0 Å². The minimum absolute atomic E-state index is 0.0948. The number of furan rings is 1. The van der Waals surface area contributed by atoms with Crippen molar-refractivity contribution in [2.24, 2.45) is 5.92 Å². The highest BCUT2D eigenvalue weighted by atomic mass is 16.3. The number of nitrogens with zero attached hydrogens (tertiary/aromatic N) is 3. The van der Waals surface area contributed by atoms with Crippen LogP contribution >= 0.6 is 0 Å². The molecular weight excluding hydrogens is 376 g/mol. The lowest BCUT2D eigenvalue weighted by Crippen LogP contribution is -2.36. The number of rotatable bonds is 7. The van der Waals surface area contributed by atoms with E-state index in [0.717, 1.165) is 66.4 Å². The van der Waals surface area contributed by atoms with Crippen LogP contribution in [0.5, 0.6) is 0 Å². The first kappa shape index (κ1) is 20.5. The molecule has 0 radical (unpaired) electrons. The molecule has 1 aliphatic heterocycles. The molecule has 1 aromatic carbocycles. The van der Waals surface area contributed by atoms with E-state index in [1.54, 1.807) is 0 Å². The Bertz CT molecular complexity index is 1010. The zero-order valence-electron chi connectivity index (χ0n) is 17.9. The van der Waals surface area contributed by atoms with Gasteiger partial charge in [-0.15, -0.1) is 0 Å². The fourth-order valence-corrected chi connectivity index (χ4v) is 4.21. The van der Waals surface area contributed by atoms with Gasteiger partial charge in [0.2, 0.25) is 5.91 Å². The van der Waals surface area contributed by atoms with Crippen molar-refractivity contribution in [1.82, 2.24) is 20.2 Å². The minimum atomic E-state index is 0.0948. The van der Waals surface area contributed by atoms with Crippen molar-refractivity contribution in [2.75, 3.05) is 13.1 Å². The number of likely N-dealkylation sites (tertiary alicyclic amines) is 1. The third-order valence-corrected chi connectivity index (χ3v) is 5.85. The van der Waals surface area contributed by atoms with E-state index in [-0.39, 0.29) is 5.91 Å². The predicted molar refractivity (Wildman–Crippen MR) is 117 cm³/mol. The molecule has 6 heteroatoms. The van der Waals surface area contributed by atoms with Crippen molar-refractivity contribution in [3.05, 3.63) is 59.3 Å². The van der Waals surface area contributed by atoms with Gasteiger partial charge >= 0.3 is 0 Å². The molecule has 158 valence electrons. The standard InChI is InChI=1S/C24H30N4O2/c1-17-9-11-20(30-17)14-25-24(29)12-10-19-6-5-13-28(15-19)16-23-18(2)26-21-7-3-4-8-22(21)27-23/h3-4,7-9,11,19H,5-6,10,12-16H2,1-2H3,(H,25,29). The minimum Gasteiger partial charge on any atom is -0.465 e. The highest BCUT2D eigenvalue weighted by molar-refractivity contribution is 5.75. The maximum Gasteiger partial charge on any atom is 0.220 e. The Morgan fingerprint density at radius 3 is 2.73 bits per heavy atom. The Hall–Kier alpha value is -2.73. The van der Waals surface area contributed by atoms with Crippen LogP contribution in [0.2, 0.25) is 0 Å². The topological polar surface area (TPSA) is 71.3 Å². The summed E-state index contributed by atoms with van der Waals surface area (Å²) in [5.74, 6) is 2.31. The molecule has 0 saturated carbocycles. The average molecular weight is 407 g/mol. The van der Waals surface area contributed by atoms with E-state index in [1.807, 2.05) is 50.2 Å². The van der Waals surface area contributed by atoms with Gasteiger partial charge < -0.3 is 9.73 Å². The number of para-hydroxylation sites is 2. The van der Waals surface area contributed by atoms with Gasteiger partial charge in [-0.1, -0.05) is 12.1 Å². The van der Waals surface area contributed by atoms with Gasteiger partial charge in [0.15, 0.2) is 0 Å². The number of aromatic nitrogens is 2. The highest BCUT2D eigenvalue weighted by Crippen LogP contribution is 2.23. The van der Waals surface area contributed by atoms with Gasteiger partial charge in [-0.2, -0.15) is 0 Å². The number of aryl methyl sites for hydroxylation is 2. The molecule has 0 aliphatic carbocycles. The van der Waals surface area contributed by atoms with Crippen molar-refractivity contribution in [1.29, 1.82) is 0 Å². The van der Waals surface area contributed by atoms with Gasteiger partial charge in [-0.25, -0.2) is 9.97 Å². The molecule has 1 atom stereocenters. The van der Waals surface area contributed by atoms with Crippen LogP contribution in [-0.2, 0) is 17.9 Å². The van der Waals surface area contributed by atoms with E-state index in [4.69, 9.17) is 14.4 Å². The van der Waals surface area contributed by atoms with E-state index >= 15 is 0 Å². The summed E-state index contributed by atoms with van der Waals surface area (Å²) < 4.78 is 5.50. The normalized spacial score (nSPS) is 17.3. The second-order valence-corrected chi connectivity index (χ2v) is 8.32. The van der Waals surface area contributed by atoms with Crippen LogP contribution in [0.4, 0.5) is 0 Å². The first-order valence-corrected chi connectivity index (χ1v) is 10.8. The first-order chi connectivity index (χ1) is 14.6. The van der Waals surface area contributed by atoms with E-state index in [9.17, 15) is 4.79 Å². The van der Waals surface area contributed by atoms with Crippen LogP contribution in [0.25, 0.3) is 11.0 Å². The third-order valence-electron chi connectivity index (χ3n) is 5.85. The summed E-state index contributed by atoms with van der Waals surface area (Å²) in [5.41, 5.74) is 3.96. The number of hydrogen-bond donors (Lipinski definition) is 1. The summed E-state index contributed by atoms with van der Waals surface area (Å²) in [5, 5.41) is 2.96. The quantitative estimate of drug-likeness (QED) is 0.638. The van der Waals surface area contributed by atoms with Crippen molar-refractivity contribution in [3.63, 3.8) is 0 Å². The van der Waals surface area contributed by atoms with Crippen molar-refractivity contribution >= 4 is 16.9 Å². The molecule has 1 saturated heterocycles. The molecule has 30 heavy (non-hydrogen) atoms. The maximum atomic E-state index is 12.2. The Labute approximate surface area is 177 Å². The summed E-state index contributed by atoms with van der Waals surface area (Å²) in [6, 6.07) is 11.9. The van der Waals surface area contributed by atoms with Crippen LogP contribution in [0.1, 0.15) is 48.6 Å². The summed E-state index contributed by atoms with van der Waals surface area (Å²) in [4.78, 5) is 24.2. The van der Waals surface area contributed by atoms with Crippen LogP contribution in [0, 0.1) is 19.8 Å². The lowest BCUT2D eigenvalue weighted by Gasteiger charge is -2.32. The SMILES string of the molecule is Cc1ccc(CNC(=O)CCC2CCCN(Cc3nc4ccccc4nc3C)C2)o1. The molecule has 0 spiro atoms. The lowest BCUT2D eigenvalue weighted by molar-refractivity contribution is -0.121. The molecule has 3 aromatic rings.